The summed E-state index contributed by atoms with van der Waals surface area (Å²) in [5.41, 5.74) is -0.130. The van der Waals surface area contributed by atoms with Crippen LogP contribution in [0.1, 0.15) is 202 Å². The van der Waals surface area contributed by atoms with Crippen molar-refractivity contribution in [2.75, 3.05) is 0 Å². The molecule has 2 saturated heterocycles. The Hall–Kier alpha value is -2.78. The number of carbonyl (C=O) groups is 6. The third-order valence-corrected chi connectivity index (χ3v) is 21.8. The van der Waals surface area contributed by atoms with Crippen molar-refractivity contribution in [3.8, 4) is 0 Å². The summed E-state index contributed by atoms with van der Waals surface area (Å²) in [4.78, 5) is 68.6. The summed E-state index contributed by atoms with van der Waals surface area (Å²) in [5, 5.41) is 0. The van der Waals surface area contributed by atoms with E-state index in [2.05, 4.69) is 23.3 Å². The molecule has 0 N–H and O–H groups in total. The van der Waals surface area contributed by atoms with E-state index in [1.807, 2.05) is 0 Å². The first kappa shape index (κ1) is 49.2. The molecular formula is C57H86O10. The highest BCUT2D eigenvalue weighted by Gasteiger charge is 2.67. The van der Waals surface area contributed by atoms with E-state index in [4.69, 9.17) is 9.47 Å². The summed E-state index contributed by atoms with van der Waals surface area (Å²) in [7, 11) is 0. The molecule has 0 amide bonds. The molecule has 2 heterocycles. The molecule has 0 spiro atoms. The van der Waals surface area contributed by atoms with E-state index < -0.39 is 23.9 Å². The van der Waals surface area contributed by atoms with E-state index >= 15 is 0 Å². The van der Waals surface area contributed by atoms with Gasteiger partial charge in [-0.1, -0.05) is 86.5 Å². The summed E-state index contributed by atoms with van der Waals surface area (Å²) in [6.45, 7) is 11.8. The Morgan fingerprint density at radius 2 is 0.866 bits per heavy atom. The molecule has 12 rings (SSSR count). The Kier molecular flexibility index (Phi) is 14.8. The Morgan fingerprint density at radius 3 is 1.25 bits per heavy atom. The maximum Gasteiger partial charge on any atom is 0.317 e. The molecule has 10 heteroatoms. The van der Waals surface area contributed by atoms with Crippen molar-refractivity contribution < 1.29 is 47.7 Å². The zero-order chi connectivity index (χ0) is 47.4. The average molecular weight is 931 g/mol. The fourth-order valence-electron chi connectivity index (χ4n) is 17.4. The Morgan fingerprint density at radius 1 is 0.433 bits per heavy atom. The largest absolute Gasteiger partial charge is 0.459 e. The maximum absolute atomic E-state index is 13.6. The minimum Gasteiger partial charge on any atom is -0.459 e. The predicted octanol–water partition coefficient (Wildman–Crippen LogP) is 11.8. The van der Waals surface area contributed by atoms with Crippen LogP contribution in [0.2, 0.25) is 0 Å². The molecular weight excluding hydrogens is 845 g/mol. The fraction of sp³-hybridized carbons (Fsp3) is 0.895. The van der Waals surface area contributed by atoms with Crippen LogP contribution in [0, 0.1) is 107 Å². The summed E-state index contributed by atoms with van der Waals surface area (Å²) >= 11 is 0. The average Bonchev–Trinajstić information content (AvgIpc) is 4.21. The van der Waals surface area contributed by atoms with Gasteiger partial charge in [0.05, 0.1) is 35.5 Å². The number of rotatable bonds is 6. The minimum absolute atomic E-state index is 0.0562. The zero-order valence-corrected chi connectivity index (χ0v) is 42.2. The number of hydrogen-bond acceptors (Lipinski definition) is 10. The van der Waals surface area contributed by atoms with Crippen molar-refractivity contribution in [2.45, 2.75) is 213 Å². The summed E-state index contributed by atoms with van der Waals surface area (Å²) in [6.07, 6.45) is 32.0. The van der Waals surface area contributed by atoms with Crippen molar-refractivity contribution in [1.82, 2.24) is 0 Å². The van der Waals surface area contributed by atoms with Gasteiger partial charge in [-0.25, -0.2) is 0 Å². The quantitative estimate of drug-likeness (QED) is 0.109. The van der Waals surface area contributed by atoms with Gasteiger partial charge in [-0.05, 0) is 187 Å². The lowest BCUT2D eigenvalue weighted by molar-refractivity contribution is -0.176. The first-order valence-electron chi connectivity index (χ1n) is 28.1. The first-order valence-corrected chi connectivity index (χ1v) is 28.1. The molecule has 10 nitrogen and oxygen atoms in total. The van der Waals surface area contributed by atoms with Gasteiger partial charge in [0.15, 0.2) is 0 Å². The summed E-state index contributed by atoms with van der Waals surface area (Å²) in [6, 6.07) is 0. The van der Waals surface area contributed by atoms with Crippen molar-refractivity contribution in [2.24, 2.45) is 107 Å². The molecule has 10 aliphatic carbocycles. The second-order valence-electron chi connectivity index (χ2n) is 24.9. The smallest absolute Gasteiger partial charge is 0.317 e. The van der Waals surface area contributed by atoms with Crippen LogP contribution in [0.5, 0.6) is 0 Å². The molecule has 10 saturated carbocycles. The van der Waals surface area contributed by atoms with E-state index in [0.29, 0.717) is 23.7 Å². The van der Waals surface area contributed by atoms with Crippen LogP contribution in [-0.2, 0) is 47.7 Å². The zero-order valence-electron chi connectivity index (χ0n) is 42.2. The van der Waals surface area contributed by atoms with E-state index in [1.165, 1.54) is 122 Å². The van der Waals surface area contributed by atoms with Gasteiger partial charge in [-0.2, -0.15) is 0 Å². The van der Waals surface area contributed by atoms with Crippen molar-refractivity contribution in [3.63, 3.8) is 0 Å². The number of ether oxygens (including phenoxy) is 4. The van der Waals surface area contributed by atoms with E-state index in [9.17, 15) is 28.8 Å². The molecule has 67 heavy (non-hydrogen) atoms. The molecule has 0 aromatic rings. The monoisotopic (exact) mass is 931 g/mol. The van der Waals surface area contributed by atoms with Crippen LogP contribution in [0.3, 0.4) is 0 Å². The van der Waals surface area contributed by atoms with Gasteiger partial charge < -0.3 is 18.9 Å². The van der Waals surface area contributed by atoms with Gasteiger partial charge in [0.2, 0.25) is 0 Å². The minimum atomic E-state index is -0.396. The van der Waals surface area contributed by atoms with Crippen LogP contribution in [0.4, 0.5) is 0 Å². The van der Waals surface area contributed by atoms with E-state index in [-0.39, 0.29) is 58.6 Å². The number of hydrogen-bond donors (Lipinski definition) is 0. The molecule has 0 aromatic heterocycles. The number of fused-ring (bicyclic) bond motifs is 11. The van der Waals surface area contributed by atoms with Crippen molar-refractivity contribution in [3.05, 3.63) is 0 Å². The Bertz CT molecular complexity index is 1760. The number of esters is 6. The summed E-state index contributed by atoms with van der Waals surface area (Å²) < 4.78 is 21.6. The molecule has 12 fully saturated rings. The van der Waals surface area contributed by atoms with Gasteiger partial charge in [-0.3, -0.25) is 28.8 Å². The van der Waals surface area contributed by atoms with Crippen LogP contribution < -0.4 is 0 Å². The normalized spacial score (nSPS) is 43.1. The topological polar surface area (TPSA) is 139 Å². The van der Waals surface area contributed by atoms with Gasteiger partial charge in [0, 0.05) is 0 Å². The number of cyclic esters (lactones) is 4. The molecule has 0 aromatic carbocycles. The second kappa shape index (κ2) is 20.1. The predicted molar refractivity (Wildman–Crippen MR) is 252 cm³/mol. The second-order valence-corrected chi connectivity index (χ2v) is 24.9. The summed E-state index contributed by atoms with van der Waals surface area (Å²) in [5.74, 6) is 8.16. The molecule has 2 aliphatic heterocycles. The molecule has 16 unspecified atom stereocenters. The third kappa shape index (κ3) is 9.46. The van der Waals surface area contributed by atoms with Crippen LogP contribution in [0.25, 0.3) is 0 Å². The standard InChI is InChI=1S/C26H40O2.C19H30O2.2C6H8O3/c1-15-16(2)20-14-19(15)23-17-12-21(24(20)23)22(13-17)25(27)28-26(10-6-7-11-26)18-8-4-3-5-9-18;20-18(17-13-14-8-9-15(17)12-14)21-19(10-4-5-11-19)16-6-2-1-3-7-16;2*1-3-4(2)6(8)9-5(3)7/h15-24H,3-14H2,1-2H3;14-17H,1-13H2;2*3-4H,1-2H3. The maximum atomic E-state index is 13.6. The molecule has 374 valence electrons. The number of carbonyl (C=O) groups excluding carboxylic acids is 6. The van der Waals surface area contributed by atoms with Crippen LogP contribution >= 0.6 is 0 Å². The SMILES string of the molecule is CC1C(=O)OC(=O)C1C.CC1C(=O)OC(=O)C1C.CC1C(C)C2CC1C1C3CC(C(=O)OC4(C5CCCCC5)CCCC4)C(C3)C21.O=C(OC1(C2CCCCC2)CCCC1)C1CC2CCC1C2. The Labute approximate surface area is 402 Å². The highest BCUT2D eigenvalue weighted by atomic mass is 16.6. The van der Waals surface area contributed by atoms with E-state index in [1.54, 1.807) is 27.7 Å². The van der Waals surface area contributed by atoms with Gasteiger partial charge in [0.25, 0.3) is 0 Å². The van der Waals surface area contributed by atoms with Crippen molar-refractivity contribution in [1.29, 1.82) is 0 Å². The molecule has 12 aliphatic rings. The van der Waals surface area contributed by atoms with Gasteiger partial charge >= 0.3 is 35.8 Å². The molecule has 6 bridgehead atoms. The van der Waals surface area contributed by atoms with E-state index in [0.717, 1.165) is 85.9 Å². The third-order valence-electron chi connectivity index (χ3n) is 21.8. The first-order chi connectivity index (χ1) is 32.1. The highest BCUT2D eigenvalue weighted by Crippen LogP contribution is 2.71. The lowest BCUT2D eigenvalue weighted by Crippen LogP contribution is -2.45. The lowest BCUT2D eigenvalue weighted by atomic mass is 9.62. The molecule has 0 radical (unpaired) electrons. The fourth-order valence-corrected chi connectivity index (χ4v) is 17.4. The highest BCUT2D eigenvalue weighted by molar-refractivity contribution is 5.96. The Balaban J connectivity index is 0.000000126. The van der Waals surface area contributed by atoms with Gasteiger partial charge in [-0.15, -0.1) is 0 Å². The van der Waals surface area contributed by atoms with Gasteiger partial charge in [0.1, 0.15) is 11.2 Å². The van der Waals surface area contributed by atoms with Crippen molar-refractivity contribution >= 4 is 35.8 Å². The molecule has 16 atom stereocenters. The van der Waals surface area contributed by atoms with Crippen LogP contribution in [-0.4, -0.2) is 47.0 Å². The lowest BCUT2D eigenvalue weighted by Gasteiger charge is -2.44. The van der Waals surface area contributed by atoms with Crippen LogP contribution in [0.15, 0.2) is 0 Å².